The molecule has 43 heavy (non-hydrogen) atoms. The van der Waals surface area contributed by atoms with Crippen molar-refractivity contribution in [1.29, 1.82) is 0 Å². The van der Waals surface area contributed by atoms with E-state index in [4.69, 9.17) is 16.3 Å². The van der Waals surface area contributed by atoms with Crippen LogP contribution in [-0.2, 0) is 10.0 Å². The van der Waals surface area contributed by atoms with E-state index < -0.39 is 26.8 Å². The number of carbonyl (C=O) groups is 1. The smallest absolute Gasteiger partial charge is 0.264 e. The van der Waals surface area contributed by atoms with E-state index in [9.17, 15) is 18.3 Å². The maximum Gasteiger partial charge on any atom is 0.264 e. The van der Waals surface area contributed by atoms with Crippen molar-refractivity contribution < 1.29 is 23.1 Å². The normalized spacial score (nSPS) is 40.0. The van der Waals surface area contributed by atoms with E-state index in [1.807, 2.05) is 32.1 Å². The van der Waals surface area contributed by atoms with Crippen LogP contribution in [0.25, 0.3) is 0 Å². The minimum atomic E-state index is -3.93. The topological polar surface area (TPSA) is 95.9 Å². The van der Waals surface area contributed by atoms with Crippen LogP contribution in [0.1, 0.15) is 83.0 Å². The lowest BCUT2D eigenvalue weighted by molar-refractivity contribution is -0.0335. The van der Waals surface area contributed by atoms with E-state index in [1.165, 1.54) is 5.57 Å². The number of benzene rings is 1. The standard InChI is InChI=1S/C34H45ClN2O5S/c1-22-7-5-14-33(4,39)28-11-9-25(28)19-37-20-34(15-6-8-26-18-27(35)13-16-32(26,34)3)21-42-30-12-10-24(17-29(30)37)31(38)36-43(40,41)23(22)2/h5,10,12-14,17-18,22-23,25,28,39H,6-9,11,15-16,19-21H2,1-4H3,(H,36,38)/b14-5+/t22-,23+,25-,28+,32?,33-,34-/m0/s1. The van der Waals surface area contributed by atoms with Crippen molar-refractivity contribution in [3.05, 3.63) is 58.7 Å². The molecule has 234 valence electrons. The number of ether oxygens (including phenoxy) is 1. The molecule has 1 aromatic carbocycles. The van der Waals surface area contributed by atoms with Gasteiger partial charge < -0.3 is 14.7 Å². The fourth-order valence-electron chi connectivity index (χ4n) is 8.27. The number of fused-ring (bicyclic) bond motifs is 4. The highest BCUT2D eigenvalue weighted by Crippen LogP contribution is 2.60. The van der Waals surface area contributed by atoms with Crippen LogP contribution < -0.4 is 14.4 Å². The van der Waals surface area contributed by atoms with Crippen molar-refractivity contribution >= 4 is 33.2 Å². The van der Waals surface area contributed by atoms with E-state index in [0.717, 1.165) is 62.3 Å². The van der Waals surface area contributed by atoms with Crippen molar-refractivity contribution in [3.63, 3.8) is 0 Å². The second kappa shape index (κ2) is 11.0. The zero-order chi connectivity index (χ0) is 30.8. The molecule has 7 atom stereocenters. The molecule has 9 heteroatoms. The van der Waals surface area contributed by atoms with Gasteiger partial charge in [0.15, 0.2) is 0 Å². The number of sulfonamides is 1. The summed E-state index contributed by atoms with van der Waals surface area (Å²) in [7, 11) is -3.93. The highest BCUT2D eigenvalue weighted by molar-refractivity contribution is 7.90. The van der Waals surface area contributed by atoms with Gasteiger partial charge >= 0.3 is 0 Å². The minimum absolute atomic E-state index is 0.0805. The first-order valence-corrected chi connectivity index (χ1v) is 17.7. The molecule has 1 spiro atoms. The summed E-state index contributed by atoms with van der Waals surface area (Å²) in [4.78, 5) is 15.8. The number of nitrogens with one attached hydrogen (secondary N) is 1. The number of aliphatic hydroxyl groups is 1. The monoisotopic (exact) mass is 628 g/mol. The predicted octanol–water partition coefficient (Wildman–Crippen LogP) is 6.34. The summed E-state index contributed by atoms with van der Waals surface area (Å²) < 4.78 is 35.4. The highest BCUT2D eigenvalue weighted by atomic mass is 35.5. The van der Waals surface area contributed by atoms with Crippen LogP contribution in [0.5, 0.6) is 5.75 Å². The molecule has 2 heterocycles. The number of allylic oxidation sites excluding steroid dienone is 5. The number of nitrogens with zero attached hydrogens (tertiary/aromatic N) is 1. The Morgan fingerprint density at radius 1 is 1.19 bits per heavy atom. The van der Waals surface area contributed by atoms with E-state index in [0.29, 0.717) is 24.3 Å². The molecule has 7 nitrogen and oxygen atoms in total. The molecule has 0 radical (unpaired) electrons. The first-order valence-electron chi connectivity index (χ1n) is 15.8. The number of rotatable bonds is 0. The molecule has 2 saturated carbocycles. The largest absolute Gasteiger partial charge is 0.491 e. The molecular formula is C34H45ClN2O5S. The zero-order valence-electron chi connectivity index (χ0n) is 25.7. The SMILES string of the molecule is C[C@@H]1[C@@H](C)C/C=C/[C@](C)(O)[C@@H]2CC[C@H]2CN2C[C@@]3(CCCC4=CC(Cl)=CCC43C)COc3ccc(cc32)C(=O)NS1(=O)=O. The second-order valence-corrected chi connectivity index (χ2v) is 16.7. The molecule has 3 aliphatic carbocycles. The van der Waals surface area contributed by atoms with E-state index in [2.05, 4.69) is 28.7 Å². The van der Waals surface area contributed by atoms with Gasteiger partial charge in [-0.25, -0.2) is 13.1 Å². The van der Waals surface area contributed by atoms with Crippen molar-refractivity contribution in [1.82, 2.24) is 4.72 Å². The molecule has 0 aromatic heterocycles. The number of anilines is 1. The molecule has 6 rings (SSSR count). The van der Waals surface area contributed by atoms with Gasteiger partial charge in [-0.2, -0.15) is 0 Å². The zero-order valence-corrected chi connectivity index (χ0v) is 27.3. The van der Waals surface area contributed by atoms with E-state index in [-0.39, 0.29) is 28.6 Å². The Labute approximate surface area is 261 Å². The summed E-state index contributed by atoms with van der Waals surface area (Å²) in [5.74, 6) is 0.171. The fraction of sp³-hybridized carbons (Fsp3) is 0.618. The lowest BCUT2D eigenvalue weighted by atomic mass is 9.52. The summed E-state index contributed by atoms with van der Waals surface area (Å²) in [6.45, 7) is 9.71. The third-order valence-corrected chi connectivity index (χ3v) is 13.8. The van der Waals surface area contributed by atoms with E-state index in [1.54, 1.807) is 19.1 Å². The van der Waals surface area contributed by atoms with Crippen molar-refractivity contribution in [3.8, 4) is 5.75 Å². The van der Waals surface area contributed by atoms with Crippen LogP contribution >= 0.6 is 11.6 Å². The Morgan fingerprint density at radius 3 is 2.72 bits per heavy atom. The van der Waals surface area contributed by atoms with Gasteiger partial charge in [-0.1, -0.05) is 49.2 Å². The highest BCUT2D eigenvalue weighted by Gasteiger charge is 2.55. The minimum Gasteiger partial charge on any atom is -0.491 e. The summed E-state index contributed by atoms with van der Waals surface area (Å²) in [5, 5.41) is 11.6. The lowest BCUT2D eigenvalue weighted by Crippen LogP contribution is -2.55. The summed E-state index contributed by atoms with van der Waals surface area (Å²) in [6, 6.07) is 5.27. The van der Waals surface area contributed by atoms with Crippen molar-refractivity contribution in [2.75, 3.05) is 24.6 Å². The van der Waals surface area contributed by atoms with Crippen molar-refractivity contribution in [2.24, 2.45) is 28.6 Å². The molecule has 2 fully saturated rings. The van der Waals surface area contributed by atoms with Crippen LogP contribution in [0, 0.1) is 28.6 Å². The first kappa shape index (κ1) is 30.7. The first-order chi connectivity index (χ1) is 20.2. The third-order valence-electron chi connectivity index (χ3n) is 11.7. The molecule has 2 N–H and O–H groups in total. The van der Waals surface area contributed by atoms with Gasteiger partial charge in [0.2, 0.25) is 10.0 Å². The second-order valence-electron chi connectivity index (χ2n) is 14.2. The summed E-state index contributed by atoms with van der Waals surface area (Å²) >= 11 is 6.50. The number of amides is 1. The Balaban J connectivity index is 1.43. The van der Waals surface area contributed by atoms with E-state index >= 15 is 0 Å². The summed E-state index contributed by atoms with van der Waals surface area (Å²) in [6.07, 6.45) is 14.4. The number of hydrogen-bond donors (Lipinski definition) is 2. The molecule has 1 unspecified atom stereocenters. The number of hydrogen-bond acceptors (Lipinski definition) is 6. The Bertz CT molecular complexity index is 1500. The average Bonchev–Trinajstić information content (AvgIpc) is 3.08. The fourth-order valence-corrected chi connectivity index (χ4v) is 9.76. The van der Waals surface area contributed by atoms with Gasteiger partial charge in [-0.15, -0.1) is 0 Å². The summed E-state index contributed by atoms with van der Waals surface area (Å²) in [5.41, 5.74) is 1.15. The third kappa shape index (κ3) is 5.35. The molecular weight excluding hydrogens is 584 g/mol. The quantitative estimate of drug-likeness (QED) is 0.326. The van der Waals surface area contributed by atoms with Crippen LogP contribution in [0.3, 0.4) is 0 Å². The van der Waals surface area contributed by atoms with Crippen LogP contribution in [-0.4, -0.2) is 50.0 Å². The maximum absolute atomic E-state index is 13.4. The Hall–Kier alpha value is -2.29. The molecule has 0 saturated heterocycles. The van der Waals surface area contributed by atoms with Gasteiger partial charge in [0.25, 0.3) is 5.91 Å². The van der Waals surface area contributed by atoms with Crippen LogP contribution in [0.4, 0.5) is 5.69 Å². The Morgan fingerprint density at radius 2 is 1.98 bits per heavy atom. The van der Waals surface area contributed by atoms with Crippen LogP contribution in [0.2, 0.25) is 0 Å². The lowest BCUT2D eigenvalue weighted by Gasteiger charge is -2.55. The molecule has 2 aliphatic heterocycles. The maximum atomic E-state index is 13.4. The van der Waals surface area contributed by atoms with Crippen molar-refractivity contribution in [2.45, 2.75) is 83.5 Å². The van der Waals surface area contributed by atoms with Gasteiger partial charge in [0.1, 0.15) is 5.75 Å². The van der Waals surface area contributed by atoms with Gasteiger partial charge in [0, 0.05) is 34.5 Å². The predicted molar refractivity (Wildman–Crippen MR) is 171 cm³/mol. The van der Waals surface area contributed by atoms with Gasteiger partial charge in [-0.05, 0) is 101 Å². The Kier molecular flexibility index (Phi) is 7.83. The average molecular weight is 629 g/mol. The molecule has 2 bridgehead atoms. The molecule has 1 aromatic rings. The number of halogens is 1. The van der Waals surface area contributed by atoms with Gasteiger partial charge in [0.05, 0.1) is 23.1 Å². The van der Waals surface area contributed by atoms with Gasteiger partial charge in [-0.3, -0.25) is 4.79 Å². The van der Waals surface area contributed by atoms with Crippen LogP contribution in [0.15, 0.2) is 53.1 Å². The molecule has 5 aliphatic rings. The number of carbonyl (C=O) groups excluding carboxylic acids is 1. The molecule has 1 amide bonds.